The zero-order valence-electron chi connectivity index (χ0n) is 11.8. The van der Waals surface area contributed by atoms with Crippen LogP contribution in [0.3, 0.4) is 0 Å². The highest BCUT2D eigenvalue weighted by Crippen LogP contribution is 2.28. The van der Waals surface area contributed by atoms with Crippen molar-refractivity contribution in [3.63, 3.8) is 0 Å². The van der Waals surface area contributed by atoms with E-state index in [1.807, 2.05) is 0 Å². The average molecular weight is 278 g/mol. The van der Waals surface area contributed by atoms with Gasteiger partial charge < -0.3 is 4.74 Å². The van der Waals surface area contributed by atoms with Gasteiger partial charge in [-0.05, 0) is 6.42 Å². The van der Waals surface area contributed by atoms with E-state index in [1.165, 1.54) is 20.4 Å². The topological polar surface area (TPSA) is 80.3 Å². The molecule has 0 aliphatic heterocycles. The minimum Gasteiger partial charge on any atom is -0.492 e. The number of fused-ring (bicyclic) bond motifs is 1. The molecule has 0 saturated heterocycles. The Morgan fingerprint density at radius 1 is 1.50 bits per heavy atom. The number of pyridine rings is 1. The first-order valence-electron chi connectivity index (χ1n) is 6.46. The van der Waals surface area contributed by atoms with Gasteiger partial charge in [-0.1, -0.05) is 13.3 Å². The second-order valence-corrected chi connectivity index (χ2v) is 4.31. The predicted octanol–water partition coefficient (Wildman–Crippen LogP) is 1.77. The number of rotatable bonds is 6. The van der Waals surface area contributed by atoms with Crippen LogP contribution in [0.5, 0.6) is 5.75 Å². The molecule has 0 aliphatic rings. The molecule has 0 aliphatic carbocycles. The Kier molecular flexibility index (Phi) is 4.52. The van der Waals surface area contributed by atoms with Crippen molar-refractivity contribution in [3.05, 3.63) is 18.0 Å². The van der Waals surface area contributed by atoms with Crippen LogP contribution in [-0.4, -0.2) is 46.9 Å². The number of nitrogens with one attached hydrogen (secondary N) is 1. The highest BCUT2D eigenvalue weighted by atomic mass is 16.7. The van der Waals surface area contributed by atoms with Crippen LogP contribution in [0.2, 0.25) is 0 Å². The third-order valence-electron chi connectivity index (χ3n) is 2.96. The number of unbranched alkanes of at least 4 members (excludes halogenated alkanes) is 1. The number of nitrogens with zero attached hydrogens (tertiary/aromatic N) is 3. The molecule has 0 radical (unpaired) electrons. The number of H-pyrrole nitrogens is 1. The molecule has 2 aromatic heterocycles. The maximum absolute atomic E-state index is 12.2. The van der Waals surface area contributed by atoms with E-state index in [0.29, 0.717) is 29.0 Å². The van der Waals surface area contributed by atoms with Crippen LogP contribution in [-0.2, 0) is 4.84 Å². The highest BCUT2D eigenvalue weighted by Gasteiger charge is 2.21. The Labute approximate surface area is 116 Å². The molecule has 108 valence electrons. The molecule has 2 heterocycles. The maximum Gasteiger partial charge on any atom is 0.282 e. The number of hydroxylamine groups is 2. The Bertz CT molecular complexity index is 596. The van der Waals surface area contributed by atoms with Gasteiger partial charge in [-0.2, -0.15) is 5.10 Å². The molecule has 0 unspecified atom stereocenters. The molecule has 7 nitrogen and oxygen atoms in total. The number of amides is 1. The molecule has 0 spiro atoms. The van der Waals surface area contributed by atoms with Crippen LogP contribution < -0.4 is 4.74 Å². The second kappa shape index (κ2) is 6.33. The van der Waals surface area contributed by atoms with E-state index >= 15 is 0 Å². The molecule has 20 heavy (non-hydrogen) atoms. The third-order valence-corrected chi connectivity index (χ3v) is 2.96. The summed E-state index contributed by atoms with van der Waals surface area (Å²) in [5.41, 5.74) is 0.882. The summed E-state index contributed by atoms with van der Waals surface area (Å²) >= 11 is 0. The lowest BCUT2D eigenvalue weighted by Crippen LogP contribution is -2.26. The fraction of sp³-hybridized carbons (Fsp3) is 0.462. The van der Waals surface area contributed by atoms with E-state index in [9.17, 15) is 4.79 Å². The number of hydrogen-bond donors (Lipinski definition) is 1. The highest BCUT2D eigenvalue weighted by molar-refractivity contribution is 6.01. The van der Waals surface area contributed by atoms with Crippen LogP contribution in [0.15, 0.2) is 12.4 Å². The van der Waals surface area contributed by atoms with Gasteiger partial charge in [0.2, 0.25) is 0 Å². The summed E-state index contributed by atoms with van der Waals surface area (Å²) in [6.07, 6.45) is 5.06. The predicted molar refractivity (Wildman–Crippen MR) is 73.4 cm³/mol. The summed E-state index contributed by atoms with van der Waals surface area (Å²) in [6, 6.07) is 0. The third kappa shape index (κ3) is 2.72. The molecule has 0 saturated carbocycles. The summed E-state index contributed by atoms with van der Waals surface area (Å²) in [4.78, 5) is 21.3. The Morgan fingerprint density at radius 3 is 3.00 bits per heavy atom. The summed E-state index contributed by atoms with van der Waals surface area (Å²) in [6.45, 7) is 2.62. The van der Waals surface area contributed by atoms with E-state index < -0.39 is 0 Å². The van der Waals surface area contributed by atoms with Crippen LogP contribution in [0.4, 0.5) is 0 Å². The first-order valence-corrected chi connectivity index (χ1v) is 6.46. The van der Waals surface area contributed by atoms with E-state index in [-0.39, 0.29) is 5.91 Å². The van der Waals surface area contributed by atoms with Crippen LogP contribution >= 0.6 is 0 Å². The summed E-state index contributed by atoms with van der Waals surface area (Å²) in [5, 5.41) is 8.56. The number of hydrogen-bond acceptors (Lipinski definition) is 5. The van der Waals surface area contributed by atoms with Gasteiger partial charge in [-0.3, -0.25) is 14.7 Å². The minimum absolute atomic E-state index is 0.311. The van der Waals surface area contributed by atoms with Crippen molar-refractivity contribution in [3.8, 4) is 5.75 Å². The van der Waals surface area contributed by atoms with Gasteiger partial charge >= 0.3 is 0 Å². The molecular formula is C13H18N4O3. The van der Waals surface area contributed by atoms with Crippen LogP contribution in [0.1, 0.15) is 30.1 Å². The molecule has 7 heteroatoms. The van der Waals surface area contributed by atoms with Gasteiger partial charge in [0.05, 0.1) is 19.1 Å². The van der Waals surface area contributed by atoms with E-state index in [2.05, 4.69) is 22.1 Å². The van der Waals surface area contributed by atoms with Crippen LogP contribution in [0.25, 0.3) is 11.0 Å². The van der Waals surface area contributed by atoms with E-state index in [1.54, 1.807) is 6.20 Å². The zero-order chi connectivity index (χ0) is 14.5. The quantitative estimate of drug-likeness (QED) is 0.643. The SMILES string of the molecule is CCCCOc1c(C(=O)N(C)OC)cnc2n[nH]cc12. The standard InChI is InChI=1S/C13H18N4O3/c1-4-5-6-20-11-9-8-15-16-12(9)14-7-10(11)13(18)17(2)19-3/h7-8H,4-6H2,1-3H3,(H,14,15,16). The molecule has 1 N–H and O–H groups in total. The number of aromatic amines is 1. The lowest BCUT2D eigenvalue weighted by molar-refractivity contribution is -0.0758. The molecule has 0 bridgehead atoms. The Hall–Kier alpha value is -2.15. The first-order chi connectivity index (χ1) is 9.69. The summed E-state index contributed by atoms with van der Waals surface area (Å²) in [7, 11) is 2.97. The van der Waals surface area contributed by atoms with Crippen LogP contribution in [0, 0.1) is 0 Å². The molecule has 1 amide bonds. The van der Waals surface area contributed by atoms with E-state index in [0.717, 1.165) is 17.9 Å². The summed E-state index contributed by atoms with van der Waals surface area (Å²) < 4.78 is 5.76. The van der Waals surface area contributed by atoms with Gasteiger partial charge in [0.25, 0.3) is 5.91 Å². The number of carbonyl (C=O) groups excluding carboxylic acids is 1. The van der Waals surface area contributed by atoms with Gasteiger partial charge in [0.1, 0.15) is 11.3 Å². The number of ether oxygens (including phenoxy) is 1. The molecule has 0 atom stereocenters. The van der Waals surface area contributed by atoms with Gasteiger partial charge in [-0.25, -0.2) is 10.0 Å². The molecule has 2 aromatic rings. The largest absolute Gasteiger partial charge is 0.492 e. The van der Waals surface area contributed by atoms with Crippen molar-refractivity contribution >= 4 is 16.9 Å². The van der Waals surface area contributed by atoms with Gasteiger partial charge in [-0.15, -0.1) is 0 Å². The van der Waals surface area contributed by atoms with Crippen molar-refractivity contribution in [2.24, 2.45) is 0 Å². The van der Waals surface area contributed by atoms with Crippen molar-refractivity contribution in [1.82, 2.24) is 20.2 Å². The molecule has 0 aromatic carbocycles. The maximum atomic E-state index is 12.2. The lowest BCUT2D eigenvalue weighted by Gasteiger charge is -2.16. The second-order valence-electron chi connectivity index (χ2n) is 4.31. The lowest BCUT2D eigenvalue weighted by atomic mass is 10.2. The Morgan fingerprint density at radius 2 is 2.30 bits per heavy atom. The number of carbonyl (C=O) groups is 1. The average Bonchev–Trinajstić information content (AvgIpc) is 2.94. The zero-order valence-corrected chi connectivity index (χ0v) is 11.8. The van der Waals surface area contributed by atoms with Crippen molar-refractivity contribution < 1.29 is 14.4 Å². The normalized spacial score (nSPS) is 10.8. The van der Waals surface area contributed by atoms with Gasteiger partial charge in [0.15, 0.2) is 5.65 Å². The molecular weight excluding hydrogens is 260 g/mol. The van der Waals surface area contributed by atoms with E-state index in [4.69, 9.17) is 9.57 Å². The molecule has 0 fully saturated rings. The summed E-state index contributed by atoms with van der Waals surface area (Å²) in [5.74, 6) is 0.181. The fourth-order valence-corrected chi connectivity index (χ4v) is 1.76. The van der Waals surface area contributed by atoms with Crippen molar-refractivity contribution in [2.45, 2.75) is 19.8 Å². The molecule has 2 rings (SSSR count). The first kappa shape index (κ1) is 14.3. The van der Waals surface area contributed by atoms with Crippen molar-refractivity contribution in [1.29, 1.82) is 0 Å². The minimum atomic E-state index is -0.311. The smallest absolute Gasteiger partial charge is 0.282 e. The Balaban J connectivity index is 2.41. The van der Waals surface area contributed by atoms with Gasteiger partial charge in [0, 0.05) is 19.4 Å². The van der Waals surface area contributed by atoms with Crippen molar-refractivity contribution in [2.75, 3.05) is 20.8 Å². The fourth-order valence-electron chi connectivity index (χ4n) is 1.76. The monoisotopic (exact) mass is 278 g/mol. The number of aromatic nitrogens is 3.